The highest BCUT2D eigenvalue weighted by molar-refractivity contribution is 5.33. The van der Waals surface area contributed by atoms with Gasteiger partial charge in [-0.1, -0.05) is 30.3 Å². The Morgan fingerprint density at radius 1 is 1.10 bits per heavy atom. The summed E-state index contributed by atoms with van der Waals surface area (Å²) in [5.74, 6) is 0.870. The van der Waals surface area contributed by atoms with Crippen molar-refractivity contribution < 1.29 is 9.84 Å². The fourth-order valence-electron chi connectivity index (χ4n) is 2.45. The minimum Gasteiger partial charge on any atom is -0.490 e. The maximum Gasteiger partial charge on any atom is 0.120 e. The van der Waals surface area contributed by atoms with Gasteiger partial charge >= 0.3 is 0 Å². The van der Waals surface area contributed by atoms with E-state index in [9.17, 15) is 5.11 Å². The van der Waals surface area contributed by atoms with Crippen molar-refractivity contribution in [2.24, 2.45) is 0 Å². The first kappa shape index (κ1) is 14.2. The zero-order valence-corrected chi connectivity index (χ0v) is 12.7. The molecular weight excluding hydrogens is 260 g/mol. The van der Waals surface area contributed by atoms with Crippen molar-refractivity contribution in [1.29, 1.82) is 0 Å². The second-order valence-corrected chi connectivity index (χ2v) is 6.03. The van der Waals surface area contributed by atoms with E-state index in [-0.39, 0.29) is 0 Å². The first-order chi connectivity index (χ1) is 10.1. The van der Waals surface area contributed by atoms with E-state index in [4.69, 9.17) is 4.74 Å². The highest BCUT2D eigenvalue weighted by atomic mass is 16.5. The van der Waals surface area contributed by atoms with E-state index < -0.39 is 6.10 Å². The highest BCUT2D eigenvalue weighted by Crippen LogP contribution is 2.29. The molecule has 0 saturated heterocycles. The maximum absolute atomic E-state index is 10.5. The van der Waals surface area contributed by atoms with Crippen LogP contribution in [0.15, 0.2) is 42.5 Å². The Morgan fingerprint density at radius 2 is 1.90 bits per heavy atom. The summed E-state index contributed by atoms with van der Waals surface area (Å²) in [5.41, 5.74) is 4.64. The van der Waals surface area contributed by atoms with Gasteiger partial charge in [-0.25, -0.2) is 0 Å². The second kappa shape index (κ2) is 5.90. The average Bonchev–Trinajstić information content (AvgIpc) is 3.27. The summed E-state index contributed by atoms with van der Waals surface area (Å²) < 4.78 is 5.79. The molecule has 0 amide bonds. The molecule has 110 valence electrons. The molecular formula is C19H22O2. The van der Waals surface area contributed by atoms with Crippen molar-refractivity contribution >= 4 is 0 Å². The van der Waals surface area contributed by atoms with Crippen molar-refractivity contribution in [3.63, 3.8) is 0 Å². The van der Waals surface area contributed by atoms with E-state index >= 15 is 0 Å². The molecule has 2 nitrogen and oxygen atoms in total. The molecule has 2 aromatic carbocycles. The number of hydrogen-bond donors (Lipinski definition) is 1. The molecule has 1 aliphatic rings. The van der Waals surface area contributed by atoms with Gasteiger partial charge in [0.25, 0.3) is 0 Å². The molecule has 1 atom stereocenters. The van der Waals surface area contributed by atoms with Crippen LogP contribution in [0.2, 0.25) is 0 Å². The third kappa shape index (κ3) is 3.64. The van der Waals surface area contributed by atoms with Crippen LogP contribution in [0.4, 0.5) is 0 Å². The van der Waals surface area contributed by atoms with Gasteiger partial charge in [0, 0.05) is 6.42 Å². The van der Waals surface area contributed by atoms with Gasteiger partial charge in [-0.05, 0) is 61.1 Å². The summed E-state index contributed by atoms with van der Waals surface area (Å²) in [6.45, 7) is 4.21. The van der Waals surface area contributed by atoms with Gasteiger partial charge in [-0.15, -0.1) is 0 Å². The van der Waals surface area contributed by atoms with E-state index in [1.807, 2.05) is 24.3 Å². The molecule has 1 N–H and O–H groups in total. The van der Waals surface area contributed by atoms with Crippen molar-refractivity contribution in [2.45, 2.75) is 45.3 Å². The van der Waals surface area contributed by atoms with E-state index in [2.05, 4.69) is 32.0 Å². The van der Waals surface area contributed by atoms with Crippen molar-refractivity contribution in [1.82, 2.24) is 0 Å². The number of rotatable bonds is 5. The molecule has 21 heavy (non-hydrogen) atoms. The number of benzene rings is 2. The summed E-state index contributed by atoms with van der Waals surface area (Å²) in [4.78, 5) is 0. The molecule has 3 rings (SSSR count). The molecule has 1 unspecified atom stereocenters. The van der Waals surface area contributed by atoms with Gasteiger partial charge in [-0.3, -0.25) is 0 Å². The second-order valence-electron chi connectivity index (χ2n) is 6.03. The van der Waals surface area contributed by atoms with Crippen LogP contribution in [0.5, 0.6) is 5.75 Å². The summed E-state index contributed by atoms with van der Waals surface area (Å²) in [5, 5.41) is 10.5. The smallest absolute Gasteiger partial charge is 0.120 e. The van der Waals surface area contributed by atoms with Crippen LogP contribution in [-0.2, 0) is 6.42 Å². The van der Waals surface area contributed by atoms with Crippen LogP contribution in [0.3, 0.4) is 0 Å². The first-order valence-corrected chi connectivity index (χ1v) is 7.62. The molecule has 0 aliphatic heterocycles. The molecule has 1 aliphatic carbocycles. The Labute approximate surface area is 126 Å². The Morgan fingerprint density at radius 3 is 2.62 bits per heavy atom. The van der Waals surface area contributed by atoms with Crippen molar-refractivity contribution in [3.05, 3.63) is 64.7 Å². The minimum atomic E-state index is -0.491. The van der Waals surface area contributed by atoms with E-state index in [1.54, 1.807) is 0 Å². The Bertz CT molecular complexity index is 629. The average molecular weight is 282 g/mol. The van der Waals surface area contributed by atoms with Gasteiger partial charge < -0.3 is 9.84 Å². The highest BCUT2D eigenvalue weighted by Gasteiger charge is 2.23. The van der Waals surface area contributed by atoms with Gasteiger partial charge in [0.05, 0.1) is 12.2 Å². The third-order valence-corrected chi connectivity index (χ3v) is 4.07. The van der Waals surface area contributed by atoms with Crippen molar-refractivity contribution in [2.75, 3.05) is 0 Å². The van der Waals surface area contributed by atoms with Crippen LogP contribution < -0.4 is 4.74 Å². The van der Waals surface area contributed by atoms with Crippen LogP contribution in [0, 0.1) is 13.8 Å². The molecule has 0 heterocycles. The molecule has 2 aromatic rings. The zero-order chi connectivity index (χ0) is 14.8. The Balaban J connectivity index is 1.71. The summed E-state index contributed by atoms with van der Waals surface area (Å²) >= 11 is 0. The lowest BCUT2D eigenvalue weighted by Crippen LogP contribution is -2.03. The molecule has 1 fully saturated rings. The van der Waals surface area contributed by atoms with Crippen molar-refractivity contribution in [3.8, 4) is 5.75 Å². The lowest BCUT2D eigenvalue weighted by atomic mass is 9.98. The number of ether oxygens (including phenoxy) is 1. The van der Waals surface area contributed by atoms with E-state index in [1.165, 1.54) is 16.7 Å². The standard InChI is InChI=1S/C19H22O2/c1-13-6-7-15(10-14(13)2)11-19(20)16-4-3-5-18(12-16)21-17-8-9-17/h3-7,10,12,17,19-20H,8-9,11H2,1-2H3. The first-order valence-electron chi connectivity index (χ1n) is 7.62. The van der Waals surface area contributed by atoms with Crippen LogP contribution in [0.1, 0.15) is 41.2 Å². The van der Waals surface area contributed by atoms with E-state index in [0.29, 0.717) is 12.5 Å². The largest absolute Gasteiger partial charge is 0.490 e. The lowest BCUT2D eigenvalue weighted by molar-refractivity contribution is 0.177. The topological polar surface area (TPSA) is 29.5 Å². The van der Waals surface area contributed by atoms with Gasteiger partial charge in [-0.2, -0.15) is 0 Å². The molecule has 0 spiro atoms. The molecule has 0 aromatic heterocycles. The SMILES string of the molecule is Cc1ccc(CC(O)c2cccc(OC3CC3)c2)cc1C. The number of aliphatic hydroxyl groups excluding tert-OH is 1. The van der Waals surface area contributed by atoms with Gasteiger partial charge in [0.1, 0.15) is 5.75 Å². The minimum absolute atomic E-state index is 0.386. The fourth-order valence-corrected chi connectivity index (χ4v) is 2.45. The Kier molecular flexibility index (Phi) is 3.98. The normalized spacial score (nSPS) is 15.8. The van der Waals surface area contributed by atoms with Crippen LogP contribution >= 0.6 is 0 Å². The summed E-state index contributed by atoms with van der Waals surface area (Å²) in [7, 11) is 0. The Hall–Kier alpha value is -1.80. The summed E-state index contributed by atoms with van der Waals surface area (Å²) in [6.07, 6.45) is 2.82. The fraction of sp³-hybridized carbons (Fsp3) is 0.368. The van der Waals surface area contributed by atoms with Crippen LogP contribution in [-0.4, -0.2) is 11.2 Å². The van der Waals surface area contributed by atoms with Crippen LogP contribution in [0.25, 0.3) is 0 Å². The summed E-state index contributed by atoms with van der Waals surface area (Å²) in [6, 6.07) is 14.2. The van der Waals surface area contributed by atoms with Gasteiger partial charge in [0.15, 0.2) is 0 Å². The van der Waals surface area contributed by atoms with E-state index in [0.717, 1.165) is 24.2 Å². The number of aryl methyl sites for hydroxylation is 2. The van der Waals surface area contributed by atoms with Gasteiger partial charge in [0.2, 0.25) is 0 Å². The maximum atomic E-state index is 10.5. The number of hydrogen-bond acceptors (Lipinski definition) is 2. The molecule has 0 radical (unpaired) electrons. The predicted molar refractivity (Wildman–Crippen MR) is 84.7 cm³/mol. The third-order valence-electron chi connectivity index (χ3n) is 4.07. The lowest BCUT2D eigenvalue weighted by Gasteiger charge is -2.14. The molecule has 1 saturated carbocycles. The predicted octanol–water partition coefficient (Wildman–Crippen LogP) is 4.12. The quantitative estimate of drug-likeness (QED) is 0.894. The monoisotopic (exact) mass is 282 g/mol. The molecule has 2 heteroatoms. The number of aliphatic hydroxyl groups is 1. The zero-order valence-electron chi connectivity index (χ0n) is 12.7. The molecule has 0 bridgehead atoms.